The zero-order valence-electron chi connectivity index (χ0n) is 14.8. The number of thioether (sulfide) groups is 1. The Labute approximate surface area is 171 Å². The number of nitrogens with one attached hydrogen (secondary N) is 2. The van der Waals surface area contributed by atoms with Gasteiger partial charge in [0, 0.05) is 23.1 Å². The summed E-state index contributed by atoms with van der Waals surface area (Å²) in [6, 6.07) is 9.86. The molecule has 0 saturated carbocycles. The second-order valence-electron chi connectivity index (χ2n) is 5.96. The fraction of sp³-hybridized carbons (Fsp3) is 0.222. The van der Waals surface area contributed by atoms with E-state index in [1.165, 1.54) is 23.9 Å². The van der Waals surface area contributed by atoms with Crippen molar-refractivity contribution in [3.63, 3.8) is 0 Å². The van der Waals surface area contributed by atoms with Crippen molar-refractivity contribution < 1.29 is 22.7 Å². The zero-order valence-corrected chi connectivity index (χ0v) is 17.2. The summed E-state index contributed by atoms with van der Waals surface area (Å²) in [7, 11) is -3.83. The maximum absolute atomic E-state index is 12.6. The molecule has 28 heavy (non-hydrogen) atoms. The summed E-state index contributed by atoms with van der Waals surface area (Å²) in [5.41, 5.74) is 0.914. The Hall–Kier alpha value is -2.23. The van der Waals surface area contributed by atoms with Crippen LogP contribution < -0.4 is 15.4 Å². The van der Waals surface area contributed by atoms with Crippen molar-refractivity contribution in [2.24, 2.45) is 0 Å². The average Bonchev–Trinajstić information content (AvgIpc) is 2.66. The minimum Gasteiger partial charge on any atom is -0.482 e. The third-order valence-corrected chi connectivity index (χ3v) is 6.85. The largest absolute Gasteiger partial charge is 0.482 e. The van der Waals surface area contributed by atoms with Crippen molar-refractivity contribution >= 4 is 56.4 Å². The maximum atomic E-state index is 12.6. The van der Waals surface area contributed by atoms with Gasteiger partial charge in [-0.05, 0) is 30.5 Å². The van der Waals surface area contributed by atoms with Crippen LogP contribution in [0.1, 0.15) is 6.42 Å². The number of rotatable bonds is 6. The molecule has 0 bridgehead atoms. The Morgan fingerprint density at radius 2 is 2.11 bits per heavy atom. The van der Waals surface area contributed by atoms with Crippen molar-refractivity contribution in [1.29, 1.82) is 0 Å². The van der Waals surface area contributed by atoms with E-state index >= 15 is 0 Å². The number of hydrogen-bond donors (Lipinski definition) is 2. The summed E-state index contributed by atoms with van der Waals surface area (Å²) in [6.45, 7) is -0.203. The van der Waals surface area contributed by atoms with E-state index in [0.29, 0.717) is 11.4 Å². The molecule has 3 rings (SSSR count). The van der Waals surface area contributed by atoms with Gasteiger partial charge in [-0.25, -0.2) is 8.42 Å². The van der Waals surface area contributed by atoms with E-state index in [9.17, 15) is 18.0 Å². The van der Waals surface area contributed by atoms with Crippen LogP contribution in [0.4, 0.5) is 11.4 Å². The third-order valence-electron chi connectivity index (χ3n) is 3.95. The molecule has 0 saturated heterocycles. The molecule has 2 amide bonds. The summed E-state index contributed by atoms with van der Waals surface area (Å²) in [6.07, 6.45) is 1.70. The first-order chi connectivity index (χ1) is 13.3. The predicted molar refractivity (Wildman–Crippen MR) is 109 cm³/mol. The lowest BCUT2D eigenvalue weighted by Crippen LogP contribution is -2.25. The number of ether oxygens (including phenoxy) is 1. The third kappa shape index (κ3) is 4.78. The van der Waals surface area contributed by atoms with Gasteiger partial charge in [-0.3, -0.25) is 9.59 Å². The molecule has 10 heteroatoms. The van der Waals surface area contributed by atoms with Gasteiger partial charge in [0.2, 0.25) is 5.91 Å². The number of amides is 2. The van der Waals surface area contributed by atoms with E-state index in [1.807, 2.05) is 24.5 Å². The second kappa shape index (κ2) is 8.42. The minimum absolute atomic E-state index is 0.0439. The van der Waals surface area contributed by atoms with Crippen LogP contribution in [0, 0.1) is 0 Å². The lowest BCUT2D eigenvalue weighted by molar-refractivity contribution is -0.118. The molecule has 148 valence electrons. The highest BCUT2D eigenvalue weighted by Gasteiger charge is 2.25. The van der Waals surface area contributed by atoms with E-state index in [4.69, 9.17) is 16.3 Å². The van der Waals surface area contributed by atoms with Crippen LogP contribution in [0.5, 0.6) is 5.75 Å². The number of benzene rings is 2. The molecule has 2 aromatic rings. The summed E-state index contributed by atoms with van der Waals surface area (Å²) < 4.78 is 30.5. The monoisotopic (exact) mass is 440 g/mol. The summed E-state index contributed by atoms with van der Waals surface area (Å²) in [5, 5.41) is 5.20. The fourth-order valence-electron chi connectivity index (χ4n) is 2.58. The molecule has 0 radical (unpaired) electrons. The van der Waals surface area contributed by atoms with Crippen LogP contribution in [-0.4, -0.2) is 38.8 Å². The highest BCUT2D eigenvalue weighted by Crippen LogP contribution is 2.36. The number of carbonyl (C=O) groups excluding carboxylic acids is 2. The van der Waals surface area contributed by atoms with Crippen LogP contribution in [-0.2, 0) is 19.4 Å². The quantitative estimate of drug-likeness (QED) is 0.669. The van der Waals surface area contributed by atoms with Gasteiger partial charge in [0.05, 0.1) is 21.4 Å². The van der Waals surface area contributed by atoms with Gasteiger partial charge in [-0.2, -0.15) is 0 Å². The Balaban J connectivity index is 1.70. The molecule has 0 aromatic heterocycles. The van der Waals surface area contributed by atoms with Crippen LogP contribution >= 0.6 is 23.4 Å². The molecule has 2 N–H and O–H groups in total. The topological polar surface area (TPSA) is 102 Å². The number of fused-ring (bicyclic) bond motifs is 1. The molecule has 0 unspecified atom stereocenters. The predicted octanol–water partition coefficient (Wildman–Crippen LogP) is 3.20. The van der Waals surface area contributed by atoms with Crippen LogP contribution in [0.15, 0.2) is 46.2 Å². The molecule has 0 aliphatic carbocycles. The number of sulfone groups is 1. The first-order valence-corrected chi connectivity index (χ1v) is 11.5. The van der Waals surface area contributed by atoms with Crippen molar-refractivity contribution in [1.82, 2.24) is 0 Å². The first kappa shape index (κ1) is 20.5. The standard InChI is InChI=1S/C18H17ClN2O5S2/c1-27-12-4-2-3-11(7-12)20-17(22)5-6-28(24,25)16-9-15-14(8-13(16)19)21-18(23)10-26-15/h2-4,7-9H,5-6,10H2,1H3,(H,20,22)(H,21,23). The van der Waals surface area contributed by atoms with E-state index in [2.05, 4.69) is 10.6 Å². The summed E-state index contributed by atoms with van der Waals surface area (Å²) in [5.74, 6) is -0.951. The minimum atomic E-state index is -3.83. The van der Waals surface area contributed by atoms with Crippen molar-refractivity contribution in [2.45, 2.75) is 16.2 Å². The fourth-order valence-corrected chi connectivity index (χ4v) is 4.87. The van der Waals surface area contributed by atoms with Gasteiger partial charge in [0.1, 0.15) is 5.75 Å². The van der Waals surface area contributed by atoms with E-state index < -0.39 is 21.5 Å². The van der Waals surface area contributed by atoms with E-state index in [0.717, 1.165) is 4.90 Å². The molecule has 1 aliphatic heterocycles. The zero-order chi connectivity index (χ0) is 20.3. The van der Waals surface area contributed by atoms with Crippen molar-refractivity contribution in [3.05, 3.63) is 41.4 Å². The molecule has 0 spiro atoms. The number of halogens is 1. The normalized spacial score (nSPS) is 13.3. The Morgan fingerprint density at radius 3 is 2.86 bits per heavy atom. The van der Waals surface area contributed by atoms with Gasteiger partial charge in [0.25, 0.3) is 5.91 Å². The highest BCUT2D eigenvalue weighted by atomic mass is 35.5. The lowest BCUT2D eigenvalue weighted by Gasteiger charge is -2.19. The van der Waals surface area contributed by atoms with Gasteiger partial charge >= 0.3 is 0 Å². The van der Waals surface area contributed by atoms with Crippen molar-refractivity contribution in [3.8, 4) is 5.75 Å². The Kier molecular flexibility index (Phi) is 6.17. The number of carbonyl (C=O) groups is 2. The van der Waals surface area contributed by atoms with Crippen LogP contribution in [0.25, 0.3) is 0 Å². The van der Waals surface area contributed by atoms with Gasteiger partial charge in [-0.1, -0.05) is 17.7 Å². The number of anilines is 2. The molecular formula is C18H17ClN2O5S2. The Bertz CT molecular complexity index is 1040. The molecule has 0 fully saturated rings. The summed E-state index contributed by atoms with van der Waals surface area (Å²) >= 11 is 7.62. The van der Waals surface area contributed by atoms with Crippen LogP contribution in [0.3, 0.4) is 0 Å². The van der Waals surface area contributed by atoms with E-state index in [1.54, 1.807) is 6.07 Å². The van der Waals surface area contributed by atoms with Gasteiger partial charge in [-0.15, -0.1) is 11.8 Å². The number of hydrogen-bond acceptors (Lipinski definition) is 6. The molecule has 7 nitrogen and oxygen atoms in total. The summed E-state index contributed by atoms with van der Waals surface area (Å²) in [4.78, 5) is 24.3. The highest BCUT2D eigenvalue weighted by molar-refractivity contribution is 7.98. The molecule has 0 atom stereocenters. The Morgan fingerprint density at radius 1 is 1.32 bits per heavy atom. The van der Waals surface area contributed by atoms with Gasteiger partial charge in [0.15, 0.2) is 16.4 Å². The van der Waals surface area contributed by atoms with Crippen LogP contribution in [0.2, 0.25) is 5.02 Å². The maximum Gasteiger partial charge on any atom is 0.262 e. The van der Waals surface area contributed by atoms with E-state index in [-0.39, 0.29) is 34.6 Å². The average molecular weight is 441 g/mol. The lowest BCUT2D eigenvalue weighted by atomic mass is 10.2. The van der Waals surface area contributed by atoms with Crippen molar-refractivity contribution in [2.75, 3.05) is 29.2 Å². The molecular weight excluding hydrogens is 424 g/mol. The second-order valence-corrected chi connectivity index (χ2v) is 9.33. The molecule has 1 heterocycles. The molecule has 1 aliphatic rings. The first-order valence-electron chi connectivity index (χ1n) is 8.21. The molecule has 2 aromatic carbocycles. The van der Waals surface area contributed by atoms with Gasteiger partial charge < -0.3 is 15.4 Å². The smallest absolute Gasteiger partial charge is 0.262 e. The SMILES string of the molecule is CSc1cccc(NC(=O)CCS(=O)(=O)c2cc3c(cc2Cl)NC(=O)CO3)c1.